The number of hydrogen-bond acceptors (Lipinski definition) is 3. The third kappa shape index (κ3) is 4.61. The van der Waals surface area contributed by atoms with Crippen LogP contribution in [-0.2, 0) is 23.8 Å². The summed E-state index contributed by atoms with van der Waals surface area (Å²) >= 11 is 0. The predicted octanol–water partition coefficient (Wildman–Crippen LogP) is 3.82. The van der Waals surface area contributed by atoms with Gasteiger partial charge in [-0.15, -0.1) is 0 Å². The number of aryl methyl sites for hydroxylation is 2. The minimum atomic E-state index is -4.55. The van der Waals surface area contributed by atoms with Gasteiger partial charge in [0.15, 0.2) is 0 Å². The van der Waals surface area contributed by atoms with E-state index in [1.54, 1.807) is 19.1 Å². The molecule has 2 aromatic carbocycles. The van der Waals surface area contributed by atoms with Crippen molar-refractivity contribution in [3.05, 3.63) is 75.6 Å². The van der Waals surface area contributed by atoms with Crippen molar-refractivity contribution in [3.8, 4) is 0 Å². The van der Waals surface area contributed by atoms with Crippen LogP contribution in [-0.4, -0.2) is 15.6 Å². The van der Waals surface area contributed by atoms with Crippen LogP contribution in [0.2, 0.25) is 0 Å². The fourth-order valence-corrected chi connectivity index (χ4v) is 2.85. The standard InChI is InChI=1S/C20H17F4N3O2/c1-2-17-25-16-11-13(20(22,23)24)6-9-15(16)19(29)27(17)26-18(28)10-5-12-3-7-14(21)8-4-12/h3-4,6-9,11H,2,5,10H2,1H3,(H,26,28). The van der Waals surface area contributed by atoms with E-state index in [1.807, 2.05) is 0 Å². The highest BCUT2D eigenvalue weighted by Gasteiger charge is 2.31. The van der Waals surface area contributed by atoms with Crippen molar-refractivity contribution in [1.82, 2.24) is 9.66 Å². The van der Waals surface area contributed by atoms with Crippen LogP contribution >= 0.6 is 0 Å². The number of nitrogens with one attached hydrogen (secondary N) is 1. The normalized spacial score (nSPS) is 11.6. The van der Waals surface area contributed by atoms with Crippen molar-refractivity contribution in [3.63, 3.8) is 0 Å². The first-order valence-electron chi connectivity index (χ1n) is 8.86. The lowest BCUT2D eigenvalue weighted by Crippen LogP contribution is -2.36. The van der Waals surface area contributed by atoms with Crippen LogP contribution in [0.5, 0.6) is 0 Å². The molecule has 1 amide bonds. The number of aromatic nitrogens is 2. The highest BCUT2D eigenvalue weighted by atomic mass is 19.4. The van der Waals surface area contributed by atoms with Gasteiger partial charge in [0.1, 0.15) is 11.6 Å². The van der Waals surface area contributed by atoms with Gasteiger partial charge < -0.3 is 0 Å². The highest BCUT2D eigenvalue weighted by molar-refractivity contribution is 5.85. The minimum Gasteiger partial charge on any atom is -0.273 e. The topological polar surface area (TPSA) is 64.0 Å². The van der Waals surface area contributed by atoms with Gasteiger partial charge in [-0.25, -0.2) is 14.1 Å². The monoisotopic (exact) mass is 407 g/mol. The summed E-state index contributed by atoms with van der Waals surface area (Å²) in [4.78, 5) is 29.1. The number of rotatable bonds is 5. The largest absolute Gasteiger partial charge is 0.416 e. The van der Waals surface area contributed by atoms with Crippen molar-refractivity contribution >= 4 is 16.8 Å². The van der Waals surface area contributed by atoms with E-state index in [1.165, 1.54) is 12.1 Å². The average Bonchev–Trinajstić information content (AvgIpc) is 2.68. The van der Waals surface area contributed by atoms with Crippen LogP contribution in [0.3, 0.4) is 0 Å². The molecule has 3 aromatic rings. The maximum atomic E-state index is 12.9. The molecule has 152 valence electrons. The van der Waals surface area contributed by atoms with Gasteiger partial charge in [-0.1, -0.05) is 19.1 Å². The molecule has 0 saturated carbocycles. The molecule has 0 spiro atoms. The van der Waals surface area contributed by atoms with Crippen LogP contribution in [0.25, 0.3) is 10.9 Å². The Bertz CT molecular complexity index is 1110. The molecule has 1 aromatic heterocycles. The number of nitrogens with zero attached hydrogens (tertiary/aromatic N) is 2. The molecule has 0 unspecified atom stereocenters. The van der Waals surface area contributed by atoms with Gasteiger partial charge in [0.2, 0.25) is 5.91 Å². The van der Waals surface area contributed by atoms with Crippen LogP contribution in [0.1, 0.15) is 30.3 Å². The molecule has 1 N–H and O–H groups in total. The lowest BCUT2D eigenvalue weighted by molar-refractivity contribution is -0.137. The smallest absolute Gasteiger partial charge is 0.273 e. The molecule has 5 nitrogen and oxygen atoms in total. The third-order valence-corrected chi connectivity index (χ3v) is 4.37. The van der Waals surface area contributed by atoms with E-state index < -0.39 is 23.2 Å². The quantitative estimate of drug-likeness (QED) is 0.654. The Morgan fingerprint density at radius 2 is 1.83 bits per heavy atom. The van der Waals surface area contributed by atoms with Crippen LogP contribution in [0.4, 0.5) is 17.6 Å². The number of carbonyl (C=O) groups excluding carboxylic acids is 1. The Balaban J connectivity index is 1.86. The van der Waals surface area contributed by atoms with E-state index in [4.69, 9.17) is 0 Å². The summed E-state index contributed by atoms with van der Waals surface area (Å²) in [6.07, 6.45) is -3.96. The number of fused-ring (bicyclic) bond motifs is 1. The highest BCUT2D eigenvalue weighted by Crippen LogP contribution is 2.30. The first-order valence-corrected chi connectivity index (χ1v) is 8.86. The fraction of sp³-hybridized carbons (Fsp3) is 0.250. The van der Waals surface area contributed by atoms with Gasteiger partial charge in [-0.05, 0) is 42.3 Å². The molecule has 0 radical (unpaired) electrons. The Morgan fingerprint density at radius 3 is 2.45 bits per heavy atom. The summed E-state index contributed by atoms with van der Waals surface area (Å²) in [6.45, 7) is 1.67. The summed E-state index contributed by atoms with van der Waals surface area (Å²) < 4.78 is 52.6. The van der Waals surface area contributed by atoms with E-state index in [2.05, 4.69) is 10.4 Å². The van der Waals surface area contributed by atoms with Crippen LogP contribution in [0.15, 0.2) is 47.3 Å². The van der Waals surface area contributed by atoms with Crippen molar-refractivity contribution in [2.45, 2.75) is 32.4 Å². The summed E-state index contributed by atoms with van der Waals surface area (Å²) in [7, 11) is 0. The number of benzene rings is 2. The van der Waals surface area contributed by atoms with Crippen molar-refractivity contribution in [2.24, 2.45) is 0 Å². The second-order valence-corrected chi connectivity index (χ2v) is 6.41. The van der Waals surface area contributed by atoms with Gasteiger partial charge in [0, 0.05) is 12.8 Å². The predicted molar refractivity (Wildman–Crippen MR) is 99.5 cm³/mol. The van der Waals surface area contributed by atoms with Gasteiger partial charge in [-0.3, -0.25) is 15.0 Å². The molecule has 29 heavy (non-hydrogen) atoms. The van der Waals surface area contributed by atoms with Gasteiger partial charge in [0.05, 0.1) is 16.5 Å². The molecule has 0 aliphatic heterocycles. The molecule has 0 aliphatic rings. The second-order valence-electron chi connectivity index (χ2n) is 6.41. The van der Waals surface area contributed by atoms with Gasteiger partial charge in [0.25, 0.3) is 5.56 Å². The molecule has 0 atom stereocenters. The molecule has 9 heteroatoms. The second kappa shape index (κ2) is 8.02. The lowest BCUT2D eigenvalue weighted by Gasteiger charge is -2.14. The first-order chi connectivity index (χ1) is 13.7. The van der Waals surface area contributed by atoms with E-state index in [0.29, 0.717) is 6.42 Å². The number of amides is 1. The average molecular weight is 407 g/mol. The number of hydrogen-bond donors (Lipinski definition) is 1. The maximum Gasteiger partial charge on any atom is 0.416 e. The van der Waals surface area contributed by atoms with Gasteiger partial charge >= 0.3 is 6.18 Å². The van der Waals surface area contributed by atoms with E-state index in [9.17, 15) is 27.2 Å². The van der Waals surface area contributed by atoms with Crippen molar-refractivity contribution in [1.29, 1.82) is 0 Å². The van der Waals surface area contributed by atoms with Crippen molar-refractivity contribution < 1.29 is 22.4 Å². The minimum absolute atomic E-state index is 0.0333. The molecular weight excluding hydrogens is 390 g/mol. The summed E-state index contributed by atoms with van der Waals surface area (Å²) in [5, 5.41) is -0.0333. The van der Waals surface area contributed by atoms with E-state index in [0.717, 1.165) is 28.4 Å². The Labute approximate surface area is 163 Å². The molecule has 1 heterocycles. The fourth-order valence-electron chi connectivity index (χ4n) is 2.85. The Hall–Kier alpha value is -3.23. The van der Waals surface area contributed by atoms with E-state index in [-0.39, 0.29) is 35.4 Å². The molecule has 0 bridgehead atoms. The molecular formula is C20H17F4N3O2. The maximum absolute atomic E-state index is 12.9. The summed E-state index contributed by atoms with van der Waals surface area (Å²) in [6, 6.07) is 8.36. The van der Waals surface area contributed by atoms with Crippen LogP contribution < -0.4 is 11.0 Å². The number of halogens is 4. The molecule has 0 saturated heterocycles. The SMILES string of the molecule is CCc1nc2cc(C(F)(F)F)ccc2c(=O)n1NC(=O)CCc1ccc(F)cc1. The first kappa shape index (κ1) is 20.5. The Kier molecular flexibility index (Phi) is 5.67. The zero-order valence-corrected chi connectivity index (χ0v) is 15.4. The van der Waals surface area contributed by atoms with E-state index >= 15 is 0 Å². The Morgan fingerprint density at radius 1 is 1.14 bits per heavy atom. The zero-order valence-electron chi connectivity index (χ0n) is 15.4. The zero-order chi connectivity index (χ0) is 21.2. The molecule has 0 fully saturated rings. The molecule has 0 aliphatic carbocycles. The van der Waals surface area contributed by atoms with Gasteiger partial charge in [-0.2, -0.15) is 13.2 Å². The third-order valence-electron chi connectivity index (χ3n) is 4.37. The number of carbonyl (C=O) groups is 1. The van der Waals surface area contributed by atoms with Crippen molar-refractivity contribution in [2.75, 3.05) is 5.43 Å². The molecule has 3 rings (SSSR count). The summed E-state index contributed by atoms with van der Waals surface area (Å²) in [5.41, 5.74) is 1.56. The lowest BCUT2D eigenvalue weighted by atomic mass is 10.1. The summed E-state index contributed by atoms with van der Waals surface area (Å²) in [5.74, 6) is -0.718. The van der Waals surface area contributed by atoms with Crippen LogP contribution in [0, 0.1) is 5.82 Å². The number of alkyl halides is 3.